The van der Waals surface area contributed by atoms with Crippen LogP contribution >= 0.6 is 0 Å². The lowest BCUT2D eigenvalue weighted by molar-refractivity contribution is -0.139. The predicted molar refractivity (Wildman–Crippen MR) is 48.4 cm³/mol. The first-order valence-corrected chi connectivity index (χ1v) is 4.04. The van der Waals surface area contributed by atoms with Crippen molar-refractivity contribution in [1.82, 2.24) is 5.32 Å². The number of carbonyl (C=O) groups excluding carboxylic acids is 2. The van der Waals surface area contributed by atoms with Crippen LogP contribution in [0.4, 0.5) is 4.79 Å². The molecule has 0 atom stereocenters. The number of urea groups is 1. The Morgan fingerprint density at radius 3 is 2.14 bits per heavy atom. The summed E-state index contributed by atoms with van der Waals surface area (Å²) in [6.07, 6.45) is -0.193. The highest BCUT2D eigenvalue weighted by atomic mass is 16.4. The fourth-order valence-corrected chi connectivity index (χ4v) is 1.09. The third kappa shape index (κ3) is 5.99. The quantitative estimate of drug-likeness (QED) is 0.599. The van der Waals surface area contributed by atoms with Gasteiger partial charge in [-0.05, 0) is 5.41 Å². The number of imide groups is 1. The second kappa shape index (κ2) is 4.59. The zero-order valence-electron chi connectivity index (χ0n) is 8.16. The first-order valence-electron chi connectivity index (χ1n) is 4.04. The van der Waals surface area contributed by atoms with Crippen molar-refractivity contribution in [2.24, 2.45) is 11.1 Å². The molecule has 3 amide bonds. The summed E-state index contributed by atoms with van der Waals surface area (Å²) in [6.45, 7) is 3.25. The molecule has 0 aliphatic rings. The molecule has 0 radical (unpaired) electrons. The van der Waals surface area contributed by atoms with Crippen LogP contribution in [0.2, 0.25) is 0 Å². The first kappa shape index (κ1) is 12.4. The topological polar surface area (TPSA) is 109 Å². The summed E-state index contributed by atoms with van der Waals surface area (Å²) in [5.41, 5.74) is 4.04. The van der Waals surface area contributed by atoms with Gasteiger partial charge in [-0.3, -0.25) is 14.9 Å². The lowest BCUT2D eigenvalue weighted by Crippen LogP contribution is -2.37. The van der Waals surface area contributed by atoms with E-state index in [1.165, 1.54) is 0 Å². The number of nitrogens with one attached hydrogen (secondary N) is 1. The predicted octanol–water partition coefficient (Wildman–Crippen LogP) is 0.0723. The smallest absolute Gasteiger partial charge is 0.318 e. The molecule has 0 aromatic rings. The molecule has 80 valence electrons. The molecule has 0 fully saturated rings. The van der Waals surface area contributed by atoms with Gasteiger partial charge in [0.2, 0.25) is 5.91 Å². The minimum absolute atomic E-state index is 0.0533. The number of aliphatic carboxylic acids is 1. The van der Waals surface area contributed by atoms with E-state index in [4.69, 9.17) is 10.8 Å². The molecule has 0 saturated heterocycles. The lowest BCUT2D eigenvalue weighted by atomic mass is 9.85. The Hall–Kier alpha value is -1.59. The van der Waals surface area contributed by atoms with E-state index in [9.17, 15) is 14.4 Å². The van der Waals surface area contributed by atoms with E-state index in [0.29, 0.717) is 0 Å². The van der Waals surface area contributed by atoms with Crippen LogP contribution in [0, 0.1) is 5.41 Å². The molecule has 0 saturated carbocycles. The standard InChI is InChI=1S/C8H14N2O4/c1-8(2,4-6(12)13)3-5(11)10-7(9)14/h3-4H2,1-2H3,(H,12,13)(H3,9,10,11,14). The highest BCUT2D eigenvalue weighted by molar-refractivity contribution is 5.93. The highest BCUT2D eigenvalue weighted by Crippen LogP contribution is 2.24. The monoisotopic (exact) mass is 202 g/mol. The van der Waals surface area contributed by atoms with Crippen molar-refractivity contribution in [2.75, 3.05) is 0 Å². The Bertz CT molecular complexity index is 260. The number of carboxylic acids is 1. The van der Waals surface area contributed by atoms with E-state index in [1.807, 2.05) is 5.32 Å². The number of rotatable bonds is 4. The first-order chi connectivity index (χ1) is 6.23. The van der Waals surface area contributed by atoms with Gasteiger partial charge >= 0.3 is 12.0 Å². The van der Waals surface area contributed by atoms with Gasteiger partial charge in [-0.15, -0.1) is 0 Å². The second-order valence-electron chi connectivity index (χ2n) is 3.82. The van der Waals surface area contributed by atoms with E-state index in [1.54, 1.807) is 13.8 Å². The maximum Gasteiger partial charge on any atom is 0.318 e. The van der Waals surface area contributed by atoms with Crippen molar-refractivity contribution >= 4 is 17.9 Å². The molecule has 6 nitrogen and oxygen atoms in total. The number of hydrogen-bond donors (Lipinski definition) is 3. The van der Waals surface area contributed by atoms with E-state index >= 15 is 0 Å². The summed E-state index contributed by atoms with van der Waals surface area (Å²) in [6, 6.07) is -0.930. The van der Waals surface area contributed by atoms with Crippen molar-refractivity contribution in [3.05, 3.63) is 0 Å². The summed E-state index contributed by atoms with van der Waals surface area (Å²) in [5.74, 6) is -1.55. The highest BCUT2D eigenvalue weighted by Gasteiger charge is 2.25. The Morgan fingerprint density at radius 1 is 1.29 bits per heavy atom. The maximum atomic E-state index is 11.0. The lowest BCUT2D eigenvalue weighted by Gasteiger charge is -2.20. The Kier molecular flexibility index (Phi) is 4.07. The van der Waals surface area contributed by atoms with E-state index < -0.39 is 23.3 Å². The molecule has 0 heterocycles. The van der Waals surface area contributed by atoms with Gasteiger partial charge in [0.15, 0.2) is 0 Å². The fourth-order valence-electron chi connectivity index (χ4n) is 1.09. The maximum absolute atomic E-state index is 11.0. The Morgan fingerprint density at radius 2 is 1.79 bits per heavy atom. The van der Waals surface area contributed by atoms with Crippen molar-refractivity contribution in [3.63, 3.8) is 0 Å². The number of amides is 3. The number of carboxylic acid groups (broad SMARTS) is 1. The zero-order chi connectivity index (χ0) is 11.4. The number of carbonyl (C=O) groups is 3. The summed E-state index contributed by atoms with van der Waals surface area (Å²) >= 11 is 0. The van der Waals surface area contributed by atoms with Crippen LogP contribution in [-0.2, 0) is 9.59 Å². The molecule has 0 aromatic heterocycles. The SMILES string of the molecule is CC(C)(CC(=O)O)CC(=O)NC(N)=O. The van der Waals surface area contributed by atoms with Crippen molar-refractivity contribution in [2.45, 2.75) is 26.7 Å². The van der Waals surface area contributed by atoms with Crippen molar-refractivity contribution in [1.29, 1.82) is 0 Å². The minimum Gasteiger partial charge on any atom is -0.481 e. The van der Waals surface area contributed by atoms with Gasteiger partial charge in [0.25, 0.3) is 0 Å². The van der Waals surface area contributed by atoms with Gasteiger partial charge in [-0.2, -0.15) is 0 Å². The van der Waals surface area contributed by atoms with Crippen LogP contribution in [-0.4, -0.2) is 23.0 Å². The molecule has 6 heteroatoms. The van der Waals surface area contributed by atoms with E-state index in [0.717, 1.165) is 0 Å². The summed E-state index contributed by atoms with van der Waals surface area (Å²) in [5, 5.41) is 10.4. The minimum atomic E-state index is -0.984. The number of hydrogen-bond acceptors (Lipinski definition) is 3. The van der Waals surface area contributed by atoms with Crippen molar-refractivity contribution < 1.29 is 19.5 Å². The van der Waals surface area contributed by atoms with Crippen LogP contribution in [0.15, 0.2) is 0 Å². The molecular formula is C8H14N2O4. The molecule has 0 aliphatic heterocycles. The summed E-state index contributed by atoms with van der Waals surface area (Å²) in [4.78, 5) is 31.7. The molecular weight excluding hydrogens is 188 g/mol. The summed E-state index contributed by atoms with van der Waals surface area (Å²) < 4.78 is 0. The molecule has 4 N–H and O–H groups in total. The van der Waals surface area contributed by atoms with Crippen LogP contribution < -0.4 is 11.1 Å². The van der Waals surface area contributed by atoms with Crippen LogP contribution in [0.1, 0.15) is 26.7 Å². The molecule has 0 aliphatic carbocycles. The Labute approximate surface area is 81.5 Å². The molecule has 14 heavy (non-hydrogen) atoms. The Balaban J connectivity index is 4.14. The van der Waals surface area contributed by atoms with Gasteiger partial charge in [0, 0.05) is 6.42 Å². The largest absolute Gasteiger partial charge is 0.481 e. The van der Waals surface area contributed by atoms with Crippen LogP contribution in [0.3, 0.4) is 0 Å². The van der Waals surface area contributed by atoms with Crippen molar-refractivity contribution in [3.8, 4) is 0 Å². The number of nitrogens with two attached hydrogens (primary N) is 1. The molecule has 0 spiro atoms. The van der Waals surface area contributed by atoms with Gasteiger partial charge < -0.3 is 10.8 Å². The van der Waals surface area contributed by atoms with Crippen LogP contribution in [0.5, 0.6) is 0 Å². The van der Waals surface area contributed by atoms with E-state index in [2.05, 4.69) is 0 Å². The van der Waals surface area contributed by atoms with Gasteiger partial charge in [0.1, 0.15) is 0 Å². The molecule has 0 bridgehead atoms. The second-order valence-corrected chi connectivity index (χ2v) is 3.82. The molecule has 0 aromatic carbocycles. The van der Waals surface area contributed by atoms with Gasteiger partial charge in [-0.25, -0.2) is 4.79 Å². The van der Waals surface area contributed by atoms with Gasteiger partial charge in [-0.1, -0.05) is 13.8 Å². The average Bonchev–Trinajstić information content (AvgIpc) is 1.77. The zero-order valence-corrected chi connectivity index (χ0v) is 8.16. The number of primary amides is 1. The normalized spacial score (nSPS) is 10.7. The third-order valence-electron chi connectivity index (χ3n) is 1.53. The molecule has 0 unspecified atom stereocenters. The summed E-state index contributed by atoms with van der Waals surface area (Å²) in [7, 11) is 0. The van der Waals surface area contributed by atoms with E-state index in [-0.39, 0.29) is 12.8 Å². The molecule has 0 rings (SSSR count). The van der Waals surface area contributed by atoms with Crippen LogP contribution in [0.25, 0.3) is 0 Å². The average molecular weight is 202 g/mol. The fraction of sp³-hybridized carbons (Fsp3) is 0.625. The van der Waals surface area contributed by atoms with Gasteiger partial charge in [0.05, 0.1) is 6.42 Å². The third-order valence-corrected chi connectivity index (χ3v) is 1.53.